The predicted molar refractivity (Wildman–Crippen MR) is 179 cm³/mol. The Morgan fingerprint density at radius 2 is 1.74 bits per heavy atom. The van der Waals surface area contributed by atoms with Crippen molar-refractivity contribution < 1.29 is 28.6 Å². The molecule has 0 radical (unpaired) electrons. The van der Waals surface area contributed by atoms with Crippen LogP contribution in [0.1, 0.15) is 111 Å². The summed E-state index contributed by atoms with van der Waals surface area (Å²) in [5.74, 6) is 0.710. The van der Waals surface area contributed by atoms with Gasteiger partial charge in [-0.1, -0.05) is 61.9 Å². The molecule has 2 aliphatic rings. The number of likely N-dealkylation sites (N-methyl/N-ethyl adjacent to an activating group) is 1. The van der Waals surface area contributed by atoms with E-state index in [1.165, 1.54) is 26.4 Å². The number of benzene rings is 2. The molecule has 252 valence electrons. The van der Waals surface area contributed by atoms with Crippen LogP contribution in [0.15, 0.2) is 42.5 Å². The Hall–Kier alpha value is -3.30. The number of hydrogen-bond acceptors (Lipinski definition) is 6. The van der Waals surface area contributed by atoms with Crippen LogP contribution in [0.4, 0.5) is 9.59 Å². The summed E-state index contributed by atoms with van der Waals surface area (Å²) in [4.78, 5) is 40.0. The number of carbonyl (C=O) groups excluding carboxylic acids is 3. The zero-order valence-electron chi connectivity index (χ0n) is 27.9. The molecule has 10 heteroatoms. The predicted octanol–water partition coefficient (Wildman–Crippen LogP) is 7.62. The number of alkyl carbamates (subject to hydrolysis) is 1. The van der Waals surface area contributed by atoms with Crippen LogP contribution < -0.4 is 10.6 Å². The smallest absolute Gasteiger partial charge is 0.410 e. The van der Waals surface area contributed by atoms with E-state index in [0.29, 0.717) is 29.0 Å². The van der Waals surface area contributed by atoms with Crippen molar-refractivity contribution in [2.75, 3.05) is 33.9 Å². The van der Waals surface area contributed by atoms with E-state index in [1.807, 2.05) is 51.1 Å². The molecule has 0 aliphatic heterocycles. The largest absolute Gasteiger partial charge is 0.453 e. The maximum absolute atomic E-state index is 14.0. The van der Waals surface area contributed by atoms with Crippen LogP contribution in [0.5, 0.6) is 0 Å². The average molecular weight is 656 g/mol. The first-order chi connectivity index (χ1) is 21.9. The summed E-state index contributed by atoms with van der Waals surface area (Å²) in [5, 5.41) is 6.52. The molecule has 9 nitrogen and oxygen atoms in total. The van der Waals surface area contributed by atoms with Crippen LogP contribution in [0.2, 0.25) is 5.02 Å². The van der Waals surface area contributed by atoms with Crippen LogP contribution in [-0.2, 0) is 14.2 Å². The first kappa shape index (κ1) is 35.6. The number of nitrogens with one attached hydrogen (secondary N) is 2. The number of ether oxygens (including phenoxy) is 3. The number of amides is 3. The summed E-state index contributed by atoms with van der Waals surface area (Å²) in [7, 11) is 3.04. The molecule has 46 heavy (non-hydrogen) atoms. The summed E-state index contributed by atoms with van der Waals surface area (Å²) in [6.07, 6.45) is 7.39. The fraction of sp³-hybridized carbons (Fsp3) is 0.583. The van der Waals surface area contributed by atoms with Crippen molar-refractivity contribution in [3.05, 3.63) is 69.7 Å². The van der Waals surface area contributed by atoms with Crippen LogP contribution in [0.3, 0.4) is 0 Å². The van der Waals surface area contributed by atoms with Crippen LogP contribution in [0.25, 0.3) is 0 Å². The Bertz CT molecular complexity index is 1340. The van der Waals surface area contributed by atoms with Crippen molar-refractivity contribution in [1.29, 1.82) is 0 Å². The summed E-state index contributed by atoms with van der Waals surface area (Å²) in [5.41, 5.74) is 2.73. The van der Waals surface area contributed by atoms with E-state index in [4.69, 9.17) is 21.1 Å². The highest BCUT2D eigenvalue weighted by Crippen LogP contribution is 2.42. The molecule has 4 rings (SSSR count). The van der Waals surface area contributed by atoms with Gasteiger partial charge in [-0.25, -0.2) is 9.59 Å². The summed E-state index contributed by atoms with van der Waals surface area (Å²) >= 11 is 6.38. The standard InChI is InChI=1S/C36H50ClN3O6/c1-36(2,3)46-35(43)40(4)23-31(18-24-10-7-6-8-11-24)39-33(41)29-20-27(25-14-15-25)19-28(21-29)32(26-12-9-13-30(37)22-26)45-17-16-38-34(42)44-5/h9,12-13,19-22,24-25,31-32H,6-8,10-11,14-18,23H2,1-5H3,(H,38,42)(H,39,41). The van der Waals surface area contributed by atoms with Crippen molar-refractivity contribution >= 4 is 29.7 Å². The number of nitrogens with zero attached hydrogens (tertiary/aromatic N) is 1. The van der Waals surface area contributed by atoms with Crippen molar-refractivity contribution in [2.24, 2.45) is 5.92 Å². The third kappa shape index (κ3) is 11.2. The van der Waals surface area contributed by atoms with Crippen molar-refractivity contribution in [3.63, 3.8) is 0 Å². The van der Waals surface area contributed by atoms with Gasteiger partial charge in [0, 0.05) is 36.8 Å². The second-order valence-electron chi connectivity index (χ2n) is 13.7. The molecular formula is C36H50ClN3O6. The topological polar surface area (TPSA) is 106 Å². The van der Waals surface area contributed by atoms with E-state index >= 15 is 0 Å². The molecule has 0 spiro atoms. The molecule has 2 atom stereocenters. The molecular weight excluding hydrogens is 606 g/mol. The normalized spacial score (nSPS) is 16.7. The van der Waals surface area contributed by atoms with Gasteiger partial charge in [0.15, 0.2) is 0 Å². The summed E-state index contributed by atoms with van der Waals surface area (Å²) < 4.78 is 16.6. The molecule has 0 bridgehead atoms. The lowest BCUT2D eigenvalue weighted by molar-refractivity contribution is 0.0274. The van der Waals surface area contributed by atoms with Gasteiger partial charge < -0.3 is 29.7 Å². The molecule has 2 unspecified atom stereocenters. The lowest BCUT2D eigenvalue weighted by Crippen LogP contribution is -2.46. The van der Waals surface area contributed by atoms with Crippen molar-refractivity contribution in [2.45, 2.75) is 95.8 Å². The molecule has 0 heterocycles. The minimum Gasteiger partial charge on any atom is -0.453 e. The van der Waals surface area contributed by atoms with Gasteiger partial charge in [0.25, 0.3) is 5.91 Å². The Kier molecular flexibility index (Phi) is 12.8. The molecule has 3 amide bonds. The third-order valence-corrected chi connectivity index (χ3v) is 8.70. The third-order valence-electron chi connectivity index (χ3n) is 8.46. The van der Waals surface area contributed by atoms with Crippen molar-refractivity contribution in [1.82, 2.24) is 15.5 Å². The number of halogens is 1. The van der Waals surface area contributed by atoms with Gasteiger partial charge >= 0.3 is 12.2 Å². The Labute approximate surface area is 278 Å². The second-order valence-corrected chi connectivity index (χ2v) is 14.1. The van der Waals surface area contributed by atoms with Gasteiger partial charge in [-0.2, -0.15) is 0 Å². The van der Waals surface area contributed by atoms with Crippen LogP contribution >= 0.6 is 11.6 Å². The van der Waals surface area contributed by atoms with E-state index in [1.54, 1.807) is 18.0 Å². The fourth-order valence-electron chi connectivity index (χ4n) is 6.09. The van der Waals surface area contributed by atoms with E-state index < -0.39 is 23.9 Å². The Balaban J connectivity index is 1.59. The van der Waals surface area contributed by atoms with E-state index in [0.717, 1.165) is 48.8 Å². The fourth-order valence-corrected chi connectivity index (χ4v) is 6.28. The van der Waals surface area contributed by atoms with Crippen molar-refractivity contribution in [3.8, 4) is 0 Å². The first-order valence-electron chi connectivity index (χ1n) is 16.5. The van der Waals surface area contributed by atoms with Crippen LogP contribution in [0, 0.1) is 5.92 Å². The quantitative estimate of drug-likeness (QED) is 0.215. The molecule has 0 aromatic heterocycles. The monoisotopic (exact) mass is 655 g/mol. The maximum Gasteiger partial charge on any atom is 0.410 e. The Morgan fingerprint density at radius 1 is 1.00 bits per heavy atom. The maximum atomic E-state index is 14.0. The second kappa shape index (κ2) is 16.5. The Morgan fingerprint density at radius 3 is 2.39 bits per heavy atom. The molecule has 2 fully saturated rings. The average Bonchev–Trinajstić information content (AvgIpc) is 3.86. The highest BCUT2D eigenvalue weighted by atomic mass is 35.5. The lowest BCUT2D eigenvalue weighted by Gasteiger charge is -2.31. The van der Waals surface area contributed by atoms with Gasteiger partial charge in [0.05, 0.1) is 13.7 Å². The molecule has 2 aromatic rings. The number of methoxy groups -OCH3 is 1. The lowest BCUT2D eigenvalue weighted by atomic mass is 9.84. The van der Waals surface area contributed by atoms with Gasteiger partial charge in [-0.15, -0.1) is 0 Å². The summed E-state index contributed by atoms with van der Waals surface area (Å²) in [6, 6.07) is 13.2. The SMILES string of the molecule is COC(=O)NCCOC(c1cccc(Cl)c1)c1cc(C(=O)NC(CC2CCCCC2)CN(C)C(=O)OC(C)(C)C)cc(C2CC2)c1. The molecule has 2 aromatic carbocycles. The van der Waals surface area contributed by atoms with Crippen LogP contribution in [-0.4, -0.2) is 68.5 Å². The number of carbonyl (C=O) groups is 3. The highest BCUT2D eigenvalue weighted by Gasteiger charge is 2.29. The number of hydrogen-bond donors (Lipinski definition) is 2. The van der Waals surface area contributed by atoms with Gasteiger partial charge in [-0.3, -0.25) is 4.79 Å². The minimum absolute atomic E-state index is 0.181. The molecule has 2 aliphatic carbocycles. The minimum atomic E-state index is -0.607. The molecule has 2 N–H and O–H groups in total. The first-order valence-corrected chi connectivity index (χ1v) is 16.9. The van der Waals surface area contributed by atoms with Gasteiger partial charge in [0.1, 0.15) is 11.7 Å². The zero-order valence-corrected chi connectivity index (χ0v) is 28.7. The highest BCUT2D eigenvalue weighted by molar-refractivity contribution is 6.30. The molecule has 0 saturated heterocycles. The molecule has 2 saturated carbocycles. The van der Waals surface area contributed by atoms with E-state index in [9.17, 15) is 14.4 Å². The van der Waals surface area contributed by atoms with E-state index in [-0.39, 0.29) is 25.1 Å². The zero-order chi connectivity index (χ0) is 33.3. The summed E-state index contributed by atoms with van der Waals surface area (Å²) in [6.45, 7) is 6.38. The van der Waals surface area contributed by atoms with E-state index in [2.05, 4.69) is 21.4 Å². The van der Waals surface area contributed by atoms with Gasteiger partial charge in [0.2, 0.25) is 0 Å². The van der Waals surface area contributed by atoms with Gasteiger partial charge in [-0.05, 0) is 92.8 Å². The number of rotatable bonds is 13.